The first-order valence-electron chi connectivity index (χ1n) is 9.92. The summed E-state index contributed by atoms with van der Waals surface area (Å²) >= 11 is 6.06. The number of nitrogens with zero attached hydrogens (tertiary/aromatic N) is 3. The van der Waals surface area contributed by atoms with E-state index in [9.17, 15) is 18.0 Å². The maximum atomic E-state index is 13.1. The first-order chi connectivity index (χ1) is 15.3. The number of alkyl halides is 3. The minimum atomic E-state index is -4.50. The van der Waals surface area contributed by atoms with Gasteiger partial charge in [-0.25, -0.2) is 4.98 Å². The zero-order valence-electron chi connectivity index (χ0n) is 16.8. The number of anilines is 1. The van der Waals surface area contributed by atoms with Gasteiger partial charge in [0.05, 0.1) is 16.1 Å². The molecule has 1 saturated heterocycles. The minimum Gasteiger partial charge on any atom is -0.457 e. The average molecular weight is 462 g/mol. The van der Waals surface area contributed by atoms with Gasteiger partial charge in [0.25, 0.3) is 5.91 Å². The molecule has 166 valence electrons. The first-order valence-corrected chi connectivity index (χ1v) is 10.3. The number of para-hydroxylation sites is 2. The molecule has 4 rings (SSSR count). The standard InChI is InChI=1S/C23H19ClF3N3O2/c24-19-14-16(23(25,26)27)15-28-21(19)29-10-12-30(13-11-29)22(31)18-8-4-5-9-20(18)32-17-6-2-1-3-7-17/h1-9,14-15H,10-13H2. The Hall–Kier alpha value is -3.26. The van der Waals surface area contributed by atoms with E-state index in [-0.39, 0.29) is 16.7 Å². The van der Waals surface area contributed by atoms with Gasteiger partial charge in [0.2, 0.25) is 0 Å². The van der Waals surface area contributed by atoms with Crippen molar-refractivity contribution in [1.29, 1.82) is 0 Å². The molecule has 2 aromatic carbocycles. The van der Waals surface area contributed by atoms with Gasteiger partial charge in [-0.1, -0.05) is 41.9 Å². The van der Waals surface area contributed by atoms with Crippen LogP contribution in [0.4, 0.5) is 19.0 Å². The summed E-state index contributed by atoms with van der Waals surface area (Å²) in [5, 5.41) is -0.0683. The predicted molar refractivity (Wildman–Crippen MR) is 115 cm³/mol. The van der Waals surface area contributed by atoms with Gasteiger partial charge in [0, 0.05) is 32.4 Å². The Morgan fingerprint density at radius 2 is 1.62 bits per heavy atom. The maximum Gasteiger partial charge on any atom is 0.417 e. The Labute approximate surface area is 188 Å². The largest absolute Gasteiger partial charge is 0.457 e. The summed E-state index contributed by atoms with van der Waals surface area (Å²) in [5.74, 6) is 1.18. The molecule has 0 bridgehead atoms. The molecule has 0 radical (unpaired) electrons. The Morgan fingerprint density at radius 3 is 2.28 bits per heavy atom. The normalized spacial score (nSPS) is 14.4. The van der Waals surface area contributed by atoms with E-state index in [1.54, 1.807) is 46.2 Å². The smallest absolute Gasteiger partial charge is 0.417 e. The van der Waals surface area contributed by atoms with Crippen LogP contribution in [0.2, 0.25) is 5.02 Å². The fourth-order valence-corrected chi connectivity index (χ4v) is 3.74. The van der Waals surface area contributed by atoms with Gasteiger partial charge in [-0.05, 0) is 30.3 Å². The average Bonchev–Trinajstić information content (AvgIpc) is 2.79. The van der Waals surface area contributed by atoms with Crippen molar-refractivity contribution in [2.24, 2.45) is 0 Å². The predicted octanol–water partition coefficient (Wildman–Crippen LogP) is 5.51. The molecule has 2 heterocycles. The number of amides is 1. The number of rotatable bonds is 4. The van der Waals surface area contributed by atoms with Crippen LogP contribution in [0.15, 0.2) is 66.9 Å². The van der Waals surface area contributed by atoms with E-state index in [1.807, 2.05) is 18.2 Å². The first kappa shape index (κ1) is 22.0. The fourth-order valence-electron chi connectivity index (χ4n) is 3.46. The van der Waals surface area contributed by atoms with E-state index in [0.29, 0.717) is 43.2 Å². The van der Waals surface area contributed by atoms with Crippen LogP contribution in [0.1, 0.15) is 15.9 Å². The molecule has 1 amide bonds. The summed E-state index contributed by atoms with van der Waals surface area (Å²) in [6, 6.07) is 17.1. The van der Waals surface area contributed by atoms with Crippen molar-refractivity contribution in [3.05, 3.63) is 83.0 Å². The molecule has 9 heteroatoms. The second kappa shape index (κ2) is 9.08. The highest BCUT2D eigenvalue weighted by Crippen LogP contribution is 2.34. The van der Waals surface area contributed by atoms with Crippen LogP contribution < -0.4 is 9.64 Å². The number of pyridine rings is 1. The van der Waals surface area contributed by atoms with E-state index < -0.39 is 11.7 Å². The van der Waals surface area contributed by atoms with Gasteiger partial charge in [0.15, 0.2) is 0 Å². The zero-order valence-corrected chi connectivity index (χ0v) is 17.6. The molecular formula is C23H19ClF3N3O2. The molecule has 0 N–H and O–H groups in total. The van der Waals surface area contributed by atoms with Crippen molar-refractivity contribution >= 4 is 23.3 Å². The third-order valence-electron chi connectivity index (χ3n) is 5.10. The molecule has 1 aliphatic heterocycles. The summed E-state index contributed by atoms with van der Waals surface area (Å²) < 4.78 is 44.4. The maximum absolute atomic E-state index is 13.1. The number of carbonyl (C=O) groups is 1. The molecule has 1 aromatic heterocycles. The molecule has 0 unspecified atom stereocenters. The molecule has 1 fully saturated rings. The van der Waals surface area contributed by atoms with Gasteiger partial charge in [0.1, 0.15) is 17.3 Å². The third kappa shape index (κ3) is 4.80. The van der Waals surface area contributed by atoms with Crippen molar-refractivity contribution in [2.75, 3.05) is 31.1 Å². The van der Waals surface area contributed by atoms with E-state index in [4.69, 9.17) is 16.3 Å². The van der Waals surface area contributed by atoms with Gasteiger partial charge in [-0.2, -0.15) is 13.2 Å². The number of ether oxygens (including phenoxy) is 1. The van der Waals surface area contributed by atoms with Crippen LogP contribution in [0.25, 0.3) is 0 Å². The molecular weight excluding hydrogens is 443 g/mol. The summed E-state index contributed by atoms with van der Waals surface area (Å²) in [7, 11) is 0. The lowest BCUT2D eigenvalue weighted by Gasteiger charge is -2.36. The van der Waals surface area contributed by atoms with Crippen LogP contribution >= 0.6 is 11.6 Å². The quantitative estimate of drug-likeness (QED) is 0.514. The lowest BCUT2D eigenvalue weighted by molar-refractivity contribution is -0.137. The fraction of sp³-hybridized carbons (Fsp3) is 0.217. The van der Waals surface area contributed by atoms with Crippen molar-refractivity contribution in [3.8, 4) is 11.5 Å². The van der Waals surface area contributed by atoms with E-state index >= 15 is 0 Å². The third-order valence-corrected chi connectivity index (χ3v) is 5.38. The van der Waals surface area contributed by atoms with Crippen LogP contribution in [0, 0.1) is 0 Å². The number of carbonyl (C=O) groups excluding carboxylic acids is 1. The summed E-state index contributed by atoms with van der Waals surface area (Å²) in [6.45, 7) is 1.53. The number of piperazine rings is 1. The van der Waals surface area contributed by atoms with E-state index in [1.165, 1.54) is 0 Å². The van der Waals surface area contributed by atoms with Crippen LogP contribution in [0.3, 0.4) is 0 Å². The Bertz CT molecular complexity index is 1100. The van der Waals surface area contributed by atoms with Crippen LogP contribution in [-0.2, 0) is 6.18 Å². The summed E-state index contributed by atoms with van der Waals surface area (Å²) in [5.41, 5.74) is -0.453. The minimum absolute atomic E-state index is 0.0683. The van der Waals surface area contributed by atoms with Gasteiger partial charge >= 0.3 is 6.18 Å². The lowest BCUT2D eigenvalue weighted by Crippen LogP contribution is -2.49. The highest BCUT2D eigenvalue weighted by Gasteiger charge is 2.32. The summed E-state index contributed by atoms with van der Waals surface area (Å²) in [4.78, 5) is 20.5. The van der Waals surface area contributed by atoms with Crippen molar-refractivity contribution in [3.63, 3.8) is 0 Å². The molecule has 0 spiro atoms. The SMILES string of the molecule is O=C(c1ccccc1Oc1ccccc1)N1CCN(c2ncc(C(F)(F)F)cc2Cl)CC1. The molecule has 0 aliphatic carbocycles. The highest BCUT2D eigenvalue weighted by molar-refractivity contribution is 6.33. The van der Waals surface area contributed by atoms with E-state index in [2.05, 4.69) is 4.98 Å². The van der Waals surface area contributed by atoms with Gasteiger partial charge in [-0.3, -0.25) is 4.79 Å². The number of aromatic nitrogens is 1. The lowest BCUT2D eigenvalue weighted by atomic mass is 10.1. The number of hydrogen-bond acceptors (Lipinski definition) is 4. The van der Waals surface area contributed by atoms with Crippen molar-refractivity contribution < 1.29 is 22.7 Å². The Morgan fingerprint density at radius 1 is 0.969 bits per heavy atom. The zero-order chi connectivity index (χ0) is 22.7. The van der Waals surface area contributed by atoms with E-state index in [0.717, 1.165) is 12.3 Å². The second-order valence-corrected chi connectivity index (χ2v) is 7.62. The molecule has 1 aliphatic rings. The number of halogens is 4. The Kier molecular flexibility index (Phi) is 6.23. The molecule has 0 saturated carbocycles. The van der Waals surface area contributed by atoms with Crippen molar-refractivity contribution in [1.82, 2.24) is 9.88 Å². The van der Waals surface area contributed by atoms with Crippen molar-refractivity contribution in [2.45, 2.75) is 6.18 Å². The summed E-state index contributed by atoms with van der Waals surface area (Å²) in [6.07, 6.45) is -3.73. The molecule has 3 aromatic rings. The van der Waals surface area contributed by atoms with Crippen LogP contribution in [-0.4, -0.2) is 42.0 Å². The number of hydrogen-bond donors (Lipinski definition) is 0. The topological polar surface area (TPSA) is 45.7 Å². The molecule has 5 nitrogen and oxygen atoms in total. The second-order valence-electron chi connectivity index (χ2n) is 7.22. The monoisotopic (exact) mass is 461 g/mol. The highest BCUT2D eigenvalue weighted by atomic mass is 35.5. The van der Waals surface area contributed by atoms with Crippen LogP contribution in [0.5, 0.6) is 11.5 Å². The Balaban J connectivity index is 1.45. The van der Waals surface area contributed by atoms with Gasteiger partial charge in [-0.15, -0.1) is 0 Å². The molecule has 0 atom stereocenters. The number of benzene rings is 2. The molecule has 32 heavy (non-hydrogen) atoms. The van der Waals surface area contributed by atoms with Gasteiger partial charge < -0.3 is 14.5 Å².